The van der Waals surface area contributed by atoms with Gasteiger partial charge in [0.1, 0.15) is 0 Å². The van der Waals surface area contributed by atoms with Crippen molar-refractivity contribution in [2.45, 2.75) is 38.9 Å². The maximum atomic E-state index is 10.4. The average molecular weight is 446 g/mol. The van der Waals surface area contributed by atoms with Crippen LogP contribution in [0.1, 0.15) is 27.7 Å². The second-order valence-corrected chi connectivity index (χ2v) is 9.90. The Hall–Kier alpha value is -3.34. The third-order valence-corrected chi connectivity index (χ3v) is 6.87. The van der Waals surface area contributed by atoms with Crippen LogP contribution in [0.3, 0.4) is 0 Å². The molecule has 4 heteroatoms. The molecule has 1 heterocycles. The van der Waals surface area contributed by atoms with Crippen LogP contribution in [-0.4, -0.2) is 28.4 Å². The molecule has 5 rings (SSSR count). The zero-order chi connectivity index (χ0) is 23.9. The highest BCUT2D eigenvalue weighted by Crippen LogP contribution is 2.35. The lowest BCUT2D eigenvalue weighted by atomic mass is 9.81. The first kappa shape index (κ1) is 22.5. The number of para-hydroxylation sites is 1. The smallest absolute Gasteiger partial charge is 0.330 e. The molecule has 0 atom stereocenters. The first-order valence-corrected chi connectivity index (χ1v) is 11.7. The van der Waals surface area contributed by atoms with Gasteiger partial charge in [-0.1, -0.05) is 72.2 Å². The highest BCUT2D eigenvalue weighted by atomic mass is 16.5. The van der Waals surface area contributed by atoms with Crippen molar-refractivity contribution in [3.05, 3.63) is 97.2 Å². The van der Waals surface area contributed by atoms with Gasteiger partial charge in [0.15, 0.2) is 0 Å². The molecule has 0 saturated carbocycles. The van der Waals surface area contributed by atoms with Gasteiger partial charge in [0.25, 0.3) is 0 Å². The molecule has 169 valence electrons. The number of fused-ring (bicyclic) bond motifs is 2. The monoisotopic (exact) mass is 446 g/mol. The molecule has 0 bridgehead atoms. The molecular weight excluding hydrogens is 417 g/mol. The lowest BCUT2D eigenvalue weighted by Gasteiger charge is -2.37. The molecule has 1 aromatic heterocycles. The van der Waals surface area contributed by atoms with Gasteiger partial charge in [0.05, 0.1) is 16.7 Å². The van der Waals surface area contributed by atoms with E-state index >= 15 is 0 Å². The molecule has 0 fully saturated rings. The van der Waals surface area contributed by atoms with E-state index in [4.69, 9.17) is 4.65 Å². The maximum Gasteiger partial charge on any atom is 0.330 e. The summed E-state index contributed by atoms with van der Waals surface area (Å²) in [5.74, 6) is 0. The zero-order valence-corrected chi connectivity index (χ0v) is 20.1. The molecule has 0 saturated heterocycles. The van der Waals surface area contributed by atoms with Gasteiger partial charge in [0, 0.05) is 22.8 Å². The van der Waals surface area contributed by atoms with E-state index < -0.39 is 11.2 Å². The van der Waals surface area contributed by atoms with E-state index in [-0.39, 0.29) is 0 Å². The predicted octanol–water partition coefficient (Wildman–Crippen LogP) is 6.26. The van der Waals surface area contributed by atoms with Crippen LogP contribution in [0.2, 0.25) is 0 Å². The largest absolute Gasteiger partial charge is 0.427 e. The third kappa shape index (κ3) is 4.15. The van der Waals surface area contributed by atoms with E-state index in [0.29, 0.717) is 0 Å². The Morgan fingerprint density at radius 1 is 0.765 bits per heavy atom. The van der Waals surface area contributed by atoms with Crippen molar-refractivity contribution in [3.8, 4) is 16.8 Å². The molecule has 0 amide bonds. The van der Waals surface area contributed by atoms with Crippen LogP contribution in [0.15, 0.2) is 97.2 Å². The quantitative estimate of drug-likeness (QED) is 0.313. The SMILES string of the molecule is CC(C)(O)C(C)(C)O[B]c1cccc(-c2cn(-c3ccccc3)c3cc4ccccc4cc23)c1. The molecule has 0 unspecified atom stereocenters. The topological polar surface area (TPSA) is 34.4 Å². The summed E-state index contributed by atoms with van der Waals surface area (Å²) in [5, 5.41) is 14.1. The molecule has 0 aliphatic rings. The molecule has 4 aromatic carbocycles. The van der Waals surface area contributed by atoms with Crippen molar-refractivity contribution in [2.24, 2.45) is 0 Å². The molecule has 0 spiro atoms. The summed E-state index contributed by atoms with van der Waals surface area (Å²) in [4.78, 5) is 0. The van der Waals surface area contributed by atoms with Crippen LogP contribution in [0, 0.1) is 0 Å². The Bertz CT molecular complexity index is 1460. The summed E-state index contributed by atoms with van der Waals surface area (Å²) in [5.41, 5.74) is 3.86. The zero-order valence-electron chi connectivity index (χ0n) is 20.1. The van der Waals surface area contributed by atoms with Crippen LogP contribution in [-0.2, 0) is 4.65 Å². The van der Waals surface area contributed by atoms with Crippen molar-refractivity contribution < 1.29 is 9.76 Å². The highest BCUT2D eigenvalue weighted by molar-refractivity contribution is 6.47. The van der Waals surface area contributed by atoms with Gasteiger partial charge in [-0.3, -0.25) is 0 Å². The number of benzene rings is 4. The minimum Gasteiger partial charge on any atom is -0.427 e. The van der Waals surface area contributed by atoms with Crippen LogP contribution in [0.25, 0.3) is 38.5 Å². The van der Waals surface area contributed by atoms with Gasteiger partial charge >= 0.3 is 7.48 Å². The first-order valence-electron chi connectivity index (χ1n) is 11.7. The maximum absolute atomic E-state index is 10.4. The summed E-state index contributed by atoms with van der Waals surface area (Å²) in [6, 6.07) is 31.8. The van der Waals surface area contributed by atoms with Crippen molar-refractivity contribution in [3.63, 3.8) is 0 Å². The number of nitrogens with zero attached hydrogens (tertiary/aromatic N) is 1. The fourth-order valence-corrected chi connectivity index (χ4v) is 4.08. The number of hydrogen-bond acceptors (Lipinski definition) is 2. The Balaban J connectivity index is 1.61. The fourth-order valence-electron chi connectivity index (χ4n) is 4.08. The Morgan fingerprint density at radius 3 is 2.15 bits per heavy atom. The number of rotatable bonds is 6. The van der Waals surface area contributed by atoms with E-state index in [1.807, 2.05) is 32.0 Å². The first-order chi connectivity index (χ1) is 16.2. The molecule has 34 heavy (non-hydrogen) atoms. The van der Waals surface area contributed by atoms with Crippen molar-refractivity contribution >= 4 is 34.6 Å². The molecule has 1 N–H and O–H groups in total. The van der Waals surface area contributed by atoms with E-state index in [9.17, 15) is 5.11 Å². The third-order valence-electron chi connectivity index (χ3n) is 6.87. The van der Waals surface area contributed by atoms with Crippen LogP contribution in [0.5, 0.6) is 0 Å². The van der Waals surface area contributed by atoms with Gasteiger partial charge in [-0.05, 0) is 68.3 Å². The summed E-state index contributed by atoms with van der Waals surface area (Å²) >= 11 is 0. The fraction of sp³-hybridized carbons (Fsp3) is 0.200. The van der Waals surface area contributed by atoms with E-state index in [2.05, 4.69) is 83.6 Å². The van der Waals surface area contributed by atoms with E-state index in [1.165, 1.54) is 27.2 Å². The van der Waals surface area contributed by atoms with E-state index in [0.717, 1.165) is 16.7 Å². The average Bonchev–Trinajstić information content (AvgIpc) is 3.20. The van der Waals surface area contributed by atoms with Gasteiger partial charge in [0.2, 0.25) is 0 Å². The molecule has 1 radical (unpaired) electrons. The van der Waals surface area contributed by atoms with Crippen LogP contribution >= 0.6 is 0 Å². The minimum absolute atomic E-state index is 0.717. The Kier molecular flexibility index (Phi) is 5.59. The van der Waals surface area contributed by atoms with Crippen molar-refractivity contribution in [2.75, 3.05) is 0 Å². The van der Waals surface area contributed by atoms with Crippen molar-refractivity contribution in [1.82, 2.24) is 4.57 Å². The normalized spacial score (nSPS) is 12.4. The Morgan fingerprint density at radius 2 is 1.44 bits per heavy atom. The summed E-state index contributed by atoms with van der Waals surface area (Å²) < 4.78 is 8.28. The Labute approximate surface area is 201 Å². The van der Waals surface area contributed by atoms with Crippen LogP contribution in [0.4, 0.5) is 0 Å². The number of hydrogen-bond donors (Lipinski definition) is 1. The molecular formula is C30H29BNO2. The standard InChI is InChI=1S/C30H29BNO2/c1-29(2,33)30(3,4)34-31-24-14-10-13-23(17-24)27-20-32(25-15-6-5-7-16-25)28-19-22-12-9-8-11-21(22)18-26(27)28/h5-20,33H,1-4H3. The minimum atomic E-state index is -0.967. The molecule has 0 aliphatic heterocycles. The van der Waals surface area contributed by atoms with Crippen LogP contribution < -0.4 is 5.46 Å². The van der Waals surface area contributed by atoms with Gasteiger partial charge in [-0.25, -0.2) is 0 Å². The summed E-state index contributed by atoms with van der Waals surface area (Å²) in [6.45, 7) is 7.32. The second kappa shape index (κ2) is 8.46. The molecule has 0 aliphatic carbocycles. The highest BCUT2D eigenvalue weighted by Gasteiger charge is 2.35. The summed E-state index contributed by atoms with van der Waals surface area (Å²) in [7, 11) is 1.74. The molecule has 3 nitrogen and oxygen atoms in total. The van der Waals surface area contributed by atoms with Gasteiger partial charge in [-0.2, -0.15) is 0 Å². The lowest BCUT2D eigenvalue weighted by Crippen LogP contribution is -2.49. The lowest BCUT2D eigenvalue weighted by molar-refractivity contribution is -0.0893. The molecule has 5 aromatic rings. The van der Waals surface area contributed by atoms with Crippen molar-refractivity contribution in [1.29, 1.82) is 0 Å². The van der Waals surface area contributed by atoms with Gasteiger partial charge < -0.3 is 14.3 Å². The number of aliphatic hydroxyl groups is 1. The summed E-state index contributed by atoms with van der Waals surface area (Å²) in [6.07, 6.45) is 2.22. The second-order valence-electron chi connectivity index (χ2n) is 9.90. The van der Waals surface area contributed by atoms with E-state index in [1.54, 1.807) is 21.3 Å². The van der Waals surface area contributed by atoms with Gasteiger partial charge in [-0.15, -0.1) is 0 Å². The number of aromatic nitrogens is 1. The predicted molar refractivity (Wildman–Crippen MR) is 143 cm³/mol.